The smallest absolute Gasteiger partial charge is 0.229 e. The zero-order valence-corrected chi connectivity index (χ0v) is 16.7. The third-order valence-corrected chi connectivity index (χ3v) is 5.42. The number of ether oxygens (including phenoxy) is 1. The van der Waals surface area contributed by atoms with Crippen LogP contribution in [0.3, 0.4) is 0 Å². The fraction of sp³-hybridized carbons (Fsp3) is 0.0909. The van der Waals surface area contributed by atoms with Gasteiger partial charge in [0.2, 0.25) is 5.91 Å². The number of carbonyl (C=O) groups excluding carboxylic acids is 1. The first-order chi connectivity index (χ1) is 13.6. The van der Waals surface area contributed by atoms with Gasteiger partial charge in [0, 0.05) is 32.6 Å². The van der Waals surface area contributed by atoms with Gasteiger partial charge >= 0.3 is 0 Å². The first-order valence-corrected chi connectivity index (χ1v) is 9.95. The number of amides is 1. The number of carbonyl (C=O) groups is 1. The molecule has 0 aliphatic heterocycles. The van der Waals surface area contributed by atoms with Crippen molar-refractivity contribution in [3.05, 3.63) is 75.9 Å². The number of anilines is 1. The second kappa shape index (κ2) is 8.00. The summed E-state index contributed by atoms with van der Waals surface area (Å²) in [4.78, 5) is 18.0. The fourth-order valence-electron chi connectivity index (χ4n) is 3.01. The second-order valence-corrected chi connectivity index (χ2v) is 7.73. The highest BCUT2D eigenvalue weighted by Gasteiger charge is 2.11. The number of methoxy groups -OCH3 is 1. The van der Waals surface area contributed by atoms with E-state index in [2.05, 4.69) is 5.32 Å². The Balaban J connectivity index is 1.65. The van der Waals surface area contributed by atoms with Gasteiger partial charge in [-0.05, 0) is 41.8 Å². The van der Waals surface area contributed by atoms with E-state index in [1.807, 2.05) is 66.0 Å². The number of benzene rings is 2. The molecule has 6 heteroatoms. The number of pyridine rings is 1. The van der Waals surface area contributed by atoms with Crippen molar-refractivity contribution in [3.63, 3.8) is 0 Å². The Kier molecular flexibility index (Phi) is 5.28. The molecular weight excluding hydrogens is 392 g/mol. The lowest BCUT2D eigenvalue weighted by Gasteiger charge is -2.11. The first kappa shape index (κ1) is 18.5. The Morgan fingerprint density at radius 2 is 2.04 bits per heavy atom. The lowest BCUT2D eigenvalue weighted by atomic mass is 10.1. The summed E-state index contributed by atoms with van der Waals surface area (Å²) in [5.41, 5.74) is 3.19. The lowest BCUT2D eigenvalue weighted by molar-refractivity contribution is -0.115. The van der Waals surface area contributed by atoms with Crippen LogP contribution in [0.5, 0.6) is 5.75 Å². The quantitative estimate of drug-likeness (QED) is 0.453. The Bertz CT molecular complexity index is 1140. The molecule has 4 aromatic rings. The molecule has 0 spiro atoms. The fourth-order valence-corrected chi connectivity index (χ4v) is 3.91. The van der Waals surface area contributed by atoms with E-state index in [1.165, 1.54) is 0 Å². The molecule has 0 atom stereocenters. The summed E-state index contributed by atoms with van der Waals surface area (Å²) in [5, 5.41) is 6.40. The number of rotatable bonds is 5. The lowest BCUT2D eigenvalue weighted by Crippen LogP contribution is -2.13. The number of halogens is 1. The van der Waals surface area contributed by atoms with Crippen LogP contribution in [0, 0.1) is 0 Å². The van der Waals surface area contributed by atoms with Crippen LogP contribution >= 0.6 is 22.9 Å². The maximum Gasteiger partial charge on any atom is 0.229 e. The highest BCUT2D eigenvalue weighted by molar-refractivity contribution is 7.10. The molecule has 0 aliphatic carbocycles. The van der Waals surface area contributed by atoms with Gasteiger partial charge < -0.3 is 10.1 Å². The normalized spacial score (nSPS) is 10.8. The minimum absolute atomic E-state index is 0.0516. The van der Waals surface area contributed by atoms with E-state index >= 15 is 0 Å². The van der Waals surface area contributed by atoms with Crippen molar-refractivity contribution in [3.8, 4) is 17.0 Å². The van der Waals surface area contributed by atoms with Crippen molar-refractivity contribution in [1.82, 2.24) is 4.98 Å². The second-order valence-electron chi connectivity index (χ2n) is 6.26. The number of hydrogen-bond donors (Lipinski definition) is 1. The third kappa shape index (κ3) is 4.01. The van der Waals surface area contributed by atoms with Gasteiger partial charge in [0.15, 0.2) is 0 Å². The molecule has 0 aliphatic rings. The summed E-state index contributed by atoms with van der Waals surface area (Å²) >= 11 is 7.68. The highest BCUT2D eigenvalue weighted by atomic mass is 35.5. The Labute approximate surface area is 171 Å². The van der Waals surface area contributed by atoms with E-state index in [0.717, 1.165) is 27.0 Å². The largest absolute Gasteiger partial charge is 0.496 e. The van der Waals surface area contributed by atoms with Crippen LogP contribution in [0.1, 0.15) is 4.88 Å². The number of fused-ring (bicyclic) bond motifs is 1. The Morgan fingerprint density at radius 3 is 2.79 bits per heavy atom. The molecule has 0 radical (unpaired) electrons. The maximum absolute atomic E-state index is 12.3. The van der Waals surface area contributed by atoms with E-state index < -0.39 is 0 Å². The summed E-state index contributed by atoms with van der Waals surface area (Å²) in [6, 6.07) is 18.9. The van der Waals surface area contributed by atoms with Crippen LogP contribution in [0.15, 0.2) is 66.0 Å². The standard InChI is InChI=1S/C22H17ClN2O2S/c1-27-21-13-20(14-4-2-5-15(23)10-14)25-19-8-7-16(11-18(19)21)24-22(26)12-17-6-3-9-28-17/h2-11,13H,12H2,1H3,(H,24,26). The van der Waals surface area contributed by atoms with Crippen molar-refractivity contribution in [2.75, 3.05) is 12.4 Å². The van der Waals surface area contributed by atoms with E-state index in [-0.39, 0.29) is 5.91 Å². The number of thiophene rings is 1. The minimum Gasteiger partial charge on any atom is -0.496 e. The van der Waals surface area contributed by atoms with Crippen LogP contribution in [0.25, 0.3) is 22.2 Å². The van der Waals surface area contributed by atoms with Gasteiger partial charge in [0.1, 0.15) is 5.75 Å². The van der Waals surface area contributed by atoms with Crippen molar-refractivity contribution in [2.24, 2.45) is 0 Å². The predicted octanol–water partition coefficient (Wildman–Crippen LogP) is 5.81. The number of nitrogens with zero attached hydrogens (tertiary/aromatic N) is 1. The van der Waals surface area contributed by atoms with E-state index in [0.29, 0.717) is 22.9 Å². The van der Waals surface area contributed by atoms with Crippen LogP contribution < -0.4 is 10.1 Å². The zero-order valence-electron chi connectivity index (χ0n) is 15.1. The molecule has 0 fully saturated rings. The maximum atomic E-state index is 12.3. The monoisotopic (exact) mass is 408 g/mol. The van der Waals surface area contributed by atoms with Gasteiger partial charge in [-0.3, -0.25) is 4.79 Å². The first-order valence-electron chi connectivity index (χ1n) is 8.69. The molecule has 4 rings (SSSR count). The SMILES string of the molecule is COc1cc(-c2cccc(Cl)c2)nc2ccc(NC(=O)Cc3cccs3)cc12. The minimum atomic E-state index is -0.0516. The molecule has 1 amide bonds. The molecule has 0 saturated heterocycles. The number of aromatic nitrogens is 1. The van der Waals surface area contributed by atoms with Crippen molar-refractivity contribution >= 4 is 45.4 Å². The van der Waals surface area contributed by atoms with Gasteiger partial charge in [0.25, 0.3) is 0 Å². The van der Waals surface area contributed by atoms with Crippen molar-refractivity contribution in [2.45, 2.75) is 6.42 Å². The molecule has 0 saturated carbocycles. The van der Waals surface area contributed by atoms with Crippen molar-refractivity contribution < 1.29 is 9.53 Å². The van der Waals surface area contributed by atoms with Gasteiger partial charge in [-0.2, -0.15) is 0 Å². The van der Waals surface area contributed by atoms with E-state index in [1.54, 1.807) is 18.4 Å². The number of hydrogen-bond acceptors (Lipinski definition) is 4. The topological polar surface area (TPSA) is 51.2 Å². The molecular formula is C22H17ClN2O2S. The molecule has 0 bridgehead atoms. The Hall–Kier alpha value is -2.89. The molecule has 4 nitrogen and oxygen atoms in total. The molecule has 1 N–H and O–H groups in total. The van der Waals surface area contributed by atoms with Crippen LogP contribution in [0.4, 0.5) is 5.69 Å². The Morgan fingerprint density at radius 1 is 1.14 bits per heavy atom. The average molecular weight is 409 g/mol. The summed E-state index contributed by atoms with van der Waals surface area (Å²) in [6.07, 6.45) is 0.360. The average Bonchev–Trinajstić information content (AvgIpc) is 3.20. The summed E-state index contributed by atoms with van der Waals surface area (Å²) in [5.74, 6) is 0.638. The molecule has 2 aromatic heterocycles. The molecule has 28 heavy (non-hydrogen) atoms. The molecule has 2 heterocycles. The van der Waals surface area contributed by atoms with E-state index in [4.69, 9.17) is 21.3 Å². The van der Waals surface area contributed by atoms with Gasteiger partial charge in [-0.25, -0.2) is 4.98 Å². The van der Waals surface area contributed by atoms with Gasteiger partial charge in [-0.1, -0.05) is 29.8 Å². The third-order valence-electron chi connectivity index (χ3n) is 4.31. The van der Waals surface area contributed by atoms with E-state index in [9.17, 15) is 4.79 Å². The van der Waals surface area contributed by atoms with Crippen LogP contribution in [0.2, 0.25) is 5.02 Å². The van der Waals surface area contributed by atoms with Gasteiger partial charge in [-0.15, -0.1) is 11.3 Å². The zero-order chi connectivity index (χ0) is 19.5. The molecule has 140 valence electrons. The van der Waals surface area contributed by atoms with Crippen molar-refractivity contribution in [1.29, 1.82) is 0 Å². The van der Waals surface area contributed by atoms with Crippen LogP contribution in [-0.2, 0) is 11.2 Å². The number of nitrogens with one attached hydrogen (secondary N) is 1. The molecule has 2 aromatic carbocycles. The van der Waals surface area contributed by atoms with Crippen LogP contribution in [-0.4, -0.2) is 18.0 Å². The summed E-state index contributed by atoms with van der Waals surface area (Å²) in [7, 11) is 1.62. The highest BCUT2D eigenvalue weighted by Crippen LogP contribution is 2.32. The summed E-state index contributed by atoms with van der Waals surface area (Å²) < 4.78 is 5.58. The summed E-state index contributed by atoms with van der Waals surface area (Å²) in [6.45, 7) is 0. The predicted molar refractivity (Wildman–Crippen MR) is 115 cm³/mol. The molecule has 0 unspecified atom stereocenters. The van der Waals surface area contributed by atoms with Gasteiger partial charge in [0.05, 0.1) is 24.7 Å².